The van der Waals surface area contributed by atoms with Crippen molar-refractivity contribution in [2.75, 3.05) is 0 Å². The summed E-state index contributed by atoms with van der Waals surface area (Å²) in [5.74, 6) is -2.01. The zero-order chi connectivity index (χ0) is 10.3. The Morgan fingerprint density at radius 2 is 2.07 bits per heavy atom. The van der Waals surface area contributed by atoms with Crippen molar-refractivity contribution < 1.29 is 10.2 Å². The molecule has 0 spiro atoms. The molecule has 2 rings (SSSR count). The lowest BCUT2D eigenvalue weighted by molar-refractivity contribution is -0.122. The number of amidine groups is 1. The van der Waals surface area contributed by atoms with Crippen LogP contribution in [-0.4, -0.2) is 16.0 Å². The van der Waals surface area contributed by atoms with Crippen LogP contribution in [0.15, 0.2) is 24.3 Å². The van der Waals surface area contributed by atoms with E-state index in [1.54, 1.807) is 24.3 Å². The van der Waals surface area contributed by atoms with Crippen LogP contribution in [0.1, 0.15) is 16.7 Å². The van der Waals surface area contributed by atoms with Gasteiger partial charge in [-0.1, -0.05) is 24.3 Å². The van der Waals surface area contributed by atoms with E-state index in [-0.39, 0.29) is 5.84 Å². The standard InChI is InChI=1S/C10H10N2O2/c11-9(12)7-2-1-3-8-6(7)4-5-10(8,13)14/h1-5,13-14H,(H3,11,12). The highest BCUT2D eigenvalue weighted by Crippen LogP contribution is 2.33. The van der Waals surface area contributed by atoms with Crippen LogP contribution in [0.4, 0.5) is 0 Å². The van der Waals surface area contributed by atoms with Gasteiger partial charge in [-0.3, -0.25) is 5.41 Å². The summed E-state index contributed by atoms with van der Waals surface area (Å²) in [7, 11) is 0. The van der Waals surface area contributed by atoms with Gasteiger partial charge in [-0.15, -0.1) is 0 Å². The van der Waals surface area contributed by atoms with Gasteiger partial charge >= 0.3 is 0 Å². The van der Waals surface area contributed by atoms with Crippen molar-refractivity contribution in [1.29, 1.82) is 5.41 Å². The smallest absolute Gasteiger partial charge is 0.211 e. The molecule has 1 aliphatic rings. The van der Waals surface area contributed by atoms with Crippen LogP contribution in [0, 0.1) is 5.41 Å². The quantitative estimate of drug-likeness (QED) is 0.288. The molecule has 0 saturated carbocycles. The van der Waals surface area contributed by atoms with E-state index >= 15 is 0 Å². The predicted octanol–water partition coefficient (Wildman–Crippen LogP) is 0.135. The summed E-state index contributed by atoms with van der Waals surface area (Å²) in [6, 6.07) is 4.92. The van der Waals surface area contributed by atoms with E-state index in [9.17, 15) is 10.2 Å². The highest BCUT2D eigenvalue weighted by atomic mass is 16.5. The Balaban J connectivity index is 2.67. The fraction of sp³-hybridized carbons (Fsp3) is 0.100. The number of benzene rings is 1. The molecule has 0 aliphatic heterocycles. The number of nitrogen functional groups attached to an aromatic ring is 1. The molecule has 0 heterocycles. The van der Waals surface area contributed by atoms with Gasteiger partial charge in [0.15, 0.2) is 0 Å². The van der Waals surface area contributed by atoms with Crippen molar-refractivity contribution in [2.24, 2.45) is 5.73 Å². The fourth-order valence-corrected chi connectivity index (χ4v) is 1.59. The zero-order valence-corrected chi connectivity index (χ0v) is 7.36. The van der Waals surface area contributed by atoms with E-state index in [0.717, 1.165) is 0 Å². The van der Waals surface area contributed by atoms with Crippen molar-refractivity contribution in [1.82, 2.24) is 0 Å². The first-order valence-corrected chi connectivity index (χ1v) is 4.14. The lowest BCUT2D eigenvalue weighted by atomic mass is 10.0. The second kappa shape index (κ2) is 2.67. The van der Waals surface area contributed by atoms with E-state index in [2.05, 4.69) is 0 Å². The molecule has 72 valence electrons. The van der Waals surface area contributed by atoms with Crippen molar-refractivity contribution in [2.45, 2.75) is 5.79 Å². The van der Waals surface area contributed by atoms with E-state index < -0.39 is 5.79 Å². The molecule has 4 heteroatoms. The van der Waals surface area contributed by atoms with Gasteiger partial charge in [0.2, 0.25) is 5.79 Å². The lowest BCUT2D eigenvalue weighted by Gasteiger charge is -2.15. The zero-order valence-electron chi connectivity index (χ0n) is 7.36. The summed E-state index contributed by atoms with van der Waals surface area (Å²) >= 11 is 0. The maximum absolute atomic E-state index is 9.51. The van der Waals surface area contributed by atoms with Crippen LogP contribution in [0.25, 0.3) is 6.08 Å². The summed E-state index contributed by atoms with van der Waals surface area (Å²) in [4.78, 5) is 0. The van der Waals surface area contributed by atoms with E-state index in [1.165, 1.54) is 6.08 Å². The number of hydrogen-bond acceptors (Lipinski definition) is 3. The number of rotatable bonds is 1. The SMILES string of the molecule is N=C(N)c1cccc2c1C=CC2(O)O. The van der Waals surface area contributed by atoms with Gasteiger partial charge in [-0.25, -0.2) is 0 Å². The third-order valence-electron chi connectivity index (χ3n) is 2.28. The summed E-state index contributed by atoms with van der Waals surface area (Å²) in [5, 5.41) is 26.3. The Morgan fingerprint density at radius 3 is 2.71 bits per heavy atom. The van der Waals surface area contributed by atoms with Crippen LogP contribution < -0.4 is 5.73 Å². The molecule has 0 saturated heterocycles. The van der Waals surface area contributed by atoms with Crippen molar-refractivity contribution in [3.8, 4) is 0 Å². The first-order chi connectivity index (χ1) is 6.52. The molecule has 1 aliphatic carbocycles. The van der Waals surface area contributed by atoms with E-state index in [1.807, 2.05) is 0 Å². The normalized spacial score (nSPS) is 16.7. The molecule has 0 amide bonds. The average molecular weight is 190 g/mol. The number of nitrogens with one attached hydrogen (secondary N) is 1. The number of aliphatic hydroxyl groups is 2. The van der Waals surface area contributed by atoms with Crippen LogP contribution in [-0.2, 0) is 5.79 Å². The molecule has 0 aromatic heterocycles. The van der Waals surface area contributed by atoms with E-state index in [4.69, 9.17) is 11.1 Å². The average Bonchev–Trinajstić information content (AvgIpc) is 2.42. The number of nitrogens with two attached hydrogens (primary N) is 1. The third kappa shape index (κ3) is 1.13. The molecule has 0 radical (unpaired) electrons. The van der Waals surface area contributed by atoms with Gasteiger partial charge in [0.1, 0.15) is 5.84 Å². The Labute approximate surface area is 80.8 Å². The highest BCUT2D eigenvalue weighted by molar-refractivity contribution is 5.99. The van der Waals surface area contributed by atoms with Gasteiger partial charge in [-0.05, 0) is 11.6 Å². The molecule has 1 aromatic carbocycles. The maximum atomic E-state index is 9.51. The van der Waals surface area contributed by atoms with Gasteiger partial charge in [0.05, 0.1) is 0 Å². The van der Waals surface area contributed by atoms with Crippen LogP contribution in [0.3, 0.4) is 0 Å². The van der Waals surface area contributed by atoms with Crippen LogP contribution >= 0.6 is 0 Å². The minimum atomic E-state index is -1.93. The largest absolute Gasteiger partial charge is 0.384 e. The summed E-state index contributed by atoms with van der Waals surface area (Å²) in [6.07, 6.45) is 2.83. The molecule has 14 heavy (non-hydrogen) atoms. The second-order valence-electron chi connectivity index (χ2n) is 3.24. The van der Waals surface area contributed by atoms with Crippen molar-refractivity contribution in [3.05, 3.63) is 41.0 Å². The minimum Gasteiger partial charge on any atom is -0.384 e. The molecule has 0 atom stereocenters. The van der Waals surface area contributed by atoms with E-state index in [0.29, 0.717) is 16.7 Å². The second-order valence-corrected chi connectivity index (χ2v) is 3.24. The Bertz CT molecular complexity index is 436. The number of hydrogen-bond donors (Lipinski definition) is 4. The van der Waals surface area contributed by atoms with Gasteiger partial charge in [0.25, 0.3) is 0 Å². The molecule has 5 N–H and O–H groups in total. The first-order valence-electron chi connectivity index (χ1n) is 4.14. The molecule has 0 unspecified atom stereocenters. The molecular formula is C10H10N2O2. The monoisotopic (exact) mass is 190 g/mol. The summed E-state index contributed by atoms with van der Waals surface area (Å²) in [5.41, 5.74) is 6.85. The predicted molar refractivity (Wildman–Crippen MR) is 52.6 cm³/mol. The topological polar surface area (TPSA) is 90.3 Å². The van der Waals surface area contributed by atoms with Crippen molar-refractivity contribution in [3.63, 3.8) is 0 Å². The number of fused-ring (bicyclic) bond motifs is 1. The molecule has 4 nitrogen and oxygen atoms in total. The third-order valence-corrected chi connectivity index (χ3v) is 2.28. The summed E-state index contributed by atoms with van der Waals surface area (Å²) < 4.78 is 0. The van der Waals surface area contributed by atoms with Gasteiger partial charge in [0, 0.05) is 11.1 Å². The molecular weight excluding hydrogens is 180 g/mol. The van der Waals surface area contributed by atoms with Gasteiger partial charge < -0.3 is 15.9 Å². The van der Waals surface area contributed by atoms with Crippen LogP contribution in [0.2, 0.25) is 0 Å². The fourth-order valence-electron chi connectivity index (χ4n) is 1.59. The highest BCUT2D eigenvalue weighted by Gasteiger charge is 2.30. The molecule has 1 aromatic rings. The maximum Gasteiger partial charge on any atom is 0.211 e. The van der Waals surface area contributed by atoms with Crippen molar-refractivity contribution >= 4 is 11.9 Å². The summed E-state index contributed by atoms with van der Waals surface area (Å²) in [6.45, 7) is 0. The Kier molecular flexibility index (Phi) is 1.70. The van der Waals surface area contributed by atoms with Gasteiger partial charge in [-0.2, -0.15) is 0 Å². The Hall–Kier alpha value is -1.65. The van der Waals surface area contributed by atoms with Crippen LogP contribution in [0.5, 0.6) is 0 Å². The molecule has 0 bridgehead atoms. The lowest BCUT2D eigenvalue weighted by Crippen LogP contribution is -2.21. The minimum absolute atomic E-state index is 0.0794. The Morgan fingerprint density at radius 1 is 1.36 bits per heavy atom. The first kappa shape index (κ1) is 8.93. The molecule has 0 fully saturated rings.